The first kappa shape index (κ1) is 22.4. The molecule has 1 aliphatic heterocycles. The molecule has 180 valence electrons. The average molecular weight is 498 g/mol. The Bertz CT molecular complexity index is 1590. The van der Waals surface area contributed by atoms with Gasteiger partial charge in [0, 0.05) is 17.5 Å². The summed E-state index contributed by atoms with van der Waals surface area (Å²) in [6.45, 7) is 1.89. The highest BCUT2D eigenvalue weighted by molar-refractivity contribution is 7.89. The van der Waals surface area contributed by atoms with Gasteiger partial charge in [0.15, 0.2) is 0 Å². The number of benzene rings is 3. The van der Waals surface area contributed by atoms with Crippen molar-refractivity contribution >= 4 is 27.5 Å². The summed E-state index contributed by atoms with van der Waals surface area (Å²) >= 11 is 0. The Labute approximate surface area is 209 Å². The number of nitrogens with zero attached hydrogens (tertiary/aromatic N) is 3. The van der Waals surface area contributed by atoms with Crippen LogP contribution < -0.4 is 4.90 Å². The monoisotopic (exact) mass is 497 g/mol. The van der Waals surface area contributed by atoms with Crippen molar-refractivity contribution in [2.75, 3.05) is 4.90 Å². The van der Waals surface area contributed by atoms with Gasteiger partial charge in [-0.05, 0) is 37.6 Å². The van der Waals surface area contributed by atoms with E-state index in [2.05, 4.69) is 5.10 Å². The Hall–Kier alpha value is -4.04. The third-order valence-electron chi connectivity index (χ3n) is 7.06. The molecule has 2 amide bonds. The number of anilines is 1. The molecule has 1 aromatic heterocycles. The number of imide groups is 1. The molecule has 2 heterocycles. The second kappa shape index (κ2) is 8.27. The molecule has 2 atom stereocenters. The summed E-state index contributed by atoms with van der Waals surface area (Å²) < 4.78 is 28.5. The van der Waals surface area contributed by atoms with Crippen molar-refractivity contribution in [3.63, 3.8) is 0 Å². The van der Waals surface area contributed by atoms with Crippen LogP contribution in [-0.4, -0.2) is 29.4 Å². The minimum atomic E-state index is -4.01. The number of carbonyl (C=O) groups is 2. The summed E-state index contributed by atoms with van der Waals surface area (Å²) in [4.78, 5) is 28.2. The standard InChI is InChI=1S/C28H23N3O4S/c1-18-12-14-21(15-13-18)36(34,35)31-25-17-23-22(16-24(25)26(29-31)19-8-4-2-5-9-19)27(32)30(28(23)33)20-10-6-3-7-11-20/h2-15,22-23H,16-17H2,1H3. The van der Waals surface area contributed by atoms with Gasteiger partial charge in [0.05, 0.1) is 33.8 Å². The van der Waals surface area contributed by atoms with Crippen molar-refractivity contribution in [1.82, 2.24) is 9.19 Å². The number of aryl methyl sites for hydroxylation is 1. The van der Waals surface area contributed by atoms with Gasteiger partial charge >= 0.3 is 0 Å². The van der Waals surface area contributed by atoms with Gasteiger partial charge in [0.25, 0.3) is 10.0 Å². The van der Waals surface area contributed by atoms with Gasteiger partial charge in [-0.25, -0.2) is 0 Å². The fraction of sp³-hybridized carbons (Fsp3) is 0.179. The molecule has 36 heavy (non-hydrogen) atoms. The van der Waals surface area contributed by atoms with Crippen LogP contribution in [-0.2, 0) is 32.5 Å². The van der Waals surface area contributed by atoms with E-state index < -0.39 is 21.9 Å². The summed E-state index contributed by atoms with van der Waals surface area (Å²) in [6.07, 6.45) is 0.375. The Kier molecular flexibility index (Phi) is 5.15. The molecule has 1 aliphatic carbocycles. The highest BCUT2D eigenvalue weighted by Gasteiger charge is 2.52. The molecule has 0 saturated carbocycles. The summed E-state index contributed by atoms with van der Waals surface area (Å²) in [6, 6.07) is 24.8. The quantitative estimate of drug-likeness (QED) is 0.398. The highest BCUT2D eigenvalue weighted by atomic mass is 32.2. The normalized spacial score (nSPS) is 19.3. The molecule has 4 aromatic rings. The zero-order chi connectivity index (χ0) is 25.0. The van der Waals surface area contributed by atoms with E-state index in [9.17, 15) is 18.0 Å². The second-order valence-corrected chi connectivity index (χ2v) is 11.0. The number of para-hydroxylation sites is 1. The average Bonchev–Trinajstić information content (AvgIpc) is 3.39. The predicted octanol–water partition coefficient (Wildman–Crippen LogP) is 4.00. The molecule has 1 saturated heterocycles. The Balaban J connectivity index is 1.49. The summed E-state index contributed by atoms with van der Waals surface area (Å²) in [5.74, 6) is -1.76. The molecule has 2 aliphatic rings. The van der Waals surface area contributed by atoms with Crippen LogP contribution in [0.5, 0.6) is 0 Å². The lowest BCUT2D eigenvalue weighted by Gasteiger charge is -2.22. The lowest BCUT2D eigenvalue weighted by molar-refractivity contribution is -0.122. The van der Waals surface area contributed by atoms with Crippen molar-refractivity contribution in [3.05, 3.63) is 102 Å². The number of aromatic nitrogens is 2. The fourth-order valence-electron chi connectivity index (χ4n) is 5.22. The first-order chi connectivity index (χ1) is 17.4. The third kappa shape index (κ3) is 3.40. The zero-order valence-electron chi connectivity index (χ0n) is 19.5. The van der Waals surface area contributed by atoms with Crippen LogP contribution in [0.15, 0.2) is 89.8 Å². The SMILES string of the molecule is Cc1ccc(S(=O)(=O)n2nc(-c3ccccc3)c3c2CC2C(=O)N(c4ccccc4)C(=O)C2C3)cc1. The zero-order valence-corrected chi connectivity index (χ0v) is 20.4. The van der Waals surface area contributed by atoms with Crippen molar-refractivity contribution in [3.8, 4) is 11.3 Å². The molecule has 1 fully saturated rings. The molecule has 6 rings (SSSR count). The van der Waals surface area contributed by atoms with Gasteiger partial charge in [0.2, 0.25) is 11.8 Å². The summed E-state index contributed by atoms with van der Waals surface area (Å²) in [5, 5.41) is 4.58. The lowest BCUT2D eigenvalue weighted by atomic mass is 9.79. The van der Waals surface area contributed by atoms with E-state index in [0.717, 1.165) is 15.2 Å². The van der Waals surface area contributed by atoms with E-state index in [0.29, 0.717) is 22.6 Å². The van der Waals surface area contributed by atoms with Gasteiger partial charge in [-0.1, -0.05) is 66.2 Å². The van der Waals surface area contributed by atoms with Gasteiger partial charge in [-0.2, -0.15) is 17.6 Å². The van der Waals surface area contributed by atoms with Gasteiger partial charge in [-0.3, -0.25) is 14.5 Å². The van der Waals surface area contributed by atoms with E-state index in [-0.39, 0.29) is 29.6 Å². The maximum absolute atomic E-state index is 13.7. The maximum Gasteiger partial charge on any atom is 0.283 e. The van der Waals surface area contributed by atoms with E-state index in [1.54, 1.807) is 48.5 Å². The van der Waals surface area contributed by atoms with Crippen molar-refractivity contribution < 1.29 is 18.0 Å². The smallest absolute Gasteiger partial charge is 0.274 e. The molecule has 2 unspecified atom stereocenters. The van der Waals surface area contributed by atoms with E-state index in [1.807, 2.05) is 43.3 Å². The molecule has 0 radical (unpaired) electrons. The van der Waals surface area contributed by atoms with Crippen LogP contribution in [0.3, 0.4) is 0 Å². The van der Waals surface area contributed by atoms with E-state index >= 15 is 0 Å². The summed E-state index contributed by atoms with van der Waals surface area (Å²) in [7, 11) is -4.01. The van der Waals surface area contributed by atoms with Crippen molar-refractivity contribution in [2.24, 2.45) is 11.8 Å². The fourth-order valence-corrected chi connectivity index (χ4v) is 6.56. The summed E-state index contributed by atoms with van der Waals surface area (Å²) in [5.41, 5.74) is 3.93. The van der Waals surface area contributed by atoms with Crippen molar-refractivity contribution in [2.45, 2.75) is 24.7 Å². The number of fused-ring (bicyclic) bond motifs is 2. The number of hydrogen-bond acceptors (Lipinski definition) is 5. The Morgan fingerprint density at radius 3 is 2.00 bits per heavy atom. The molecule has 3 aromatic carbocycles. The largest absolute Gasteiger partial charge is 0.283 e. The first-order valence-electron chi connectivity index (χ1n) is 11.8. The molecular formula is C28H23N3O4S. The van der Waals surface area contributed by atoms with Crippen LogP contribution in [0, 0.1) is 18.8 Å². The number of carbonyl (C=O) groups excluding carboxylic acids is 2. The lowest BCUT2D eigenvalue weighted by Crippen LogP contribution is -2.31. The Morgan fingerprint density at radius 1 is 0.778 bits per heavy atom. The second-order valence-electron chi connectivity index (χ2n) is 9.27. The topological polar surface area (TPSA) is 89.3 Å². The first-order valence-corrected chi connectivity index (χ1v) is 13.2. The molecule has 0 bridgehead atoms. The third-order valence-corrected chi connectivity index (χ3v) is 8.69. The number of hydrogen-bond donors (Lipinski definition) is 0. The van der Waals surface area contributed by atoms with Crippen molar-refractivity contribution in [1.29, 1.82) is 0 Å². The van der Waals surface area contributed by atoms with Crippen LogP contribution in [0.2, 0.25) is 0 Å². The van der Waals surface area contributed by atoms with Gasteiger partial charge in [0.1, 0.15) is 0 Å². The van der Waals surface area contributed by atoms with Crippen LogP contribution in [0.4, 0.5) is 5.69 Å². The molecular weight excluding hydrogens is 474 g/mol. The van der Waals surface area contributed by atoms with Gasteiger partial charge < -0.3 is 0 Å². The predicted molar refractivity (Wildman–Crippen MR) is 135 cm³/mol. The minimum absolute atomic E-state index is 0.124. The van der Waals surface area contributed by atoms with Crippen LogP contribution in [0.25, 0.3) is 11.3 Å². The van der Waals surface area contributed by atoms with Crippen LogP contribution >= 0.6 is 0 Å². The maximum atomic E-state index is 13.7. The Morgan fingerprint density at radius 2 is 1.36 bits per heavy atom. The molecule has 7 nitrogen and oxygen atoms in total. The molecule has 0 spiro atoms. The highest BCUT2D eigenvalue weighted by Crippen LogP contribution is 2.43. The molecule has 0 N–H and O–H groups in total. The number of rotatable bonds is 4. The minimum Gasteiger partial charge on any atom is -0.274 e. The van der Waals surface area contributed by atoms with E-state index in [1.165, 1.54) is 4.90 Å². The van der Waals surface area contributed by atoms with E-state index in [4.69, 9.17) is 0 Å². The molecule has 8 heteroatoms. The number of amides is 2. The van der Waals surface area contributed by atoms with Crippen LogP contribution in [0.1, 0.15) is 16.8 Å². The van der Waals surface area contributed by atoms with Gasteiger partial charge in [-0.15, -0.1) is 0 Å².